The van der Waals surface area contributed by atoms with Crippen molar-refractivity contribution in [2.24, 2.45) is 0 Å². The first kappa shape index (κ1) is 32.3. The Hall–Kier alpha value is -6.92. The number of hydrogen-bond acceptors (Lipinski definition) is 3. The molecule has 0 unspecified atom stereocenters. The number of nitrogens with zero attached hydrogens (tertiary/aromatic N) is 3. The maximum Gasteiger partial charge on any atom is 0.185 e. The van der Waals surface area contributed by atoms with E-state index in [-0.39, 0.29) is 0 Å². The van der Waals surface area contributed by atoms with E-state index in [1.807, 2.05) is 11.3 Å². The lowest BCUT2D eigenvalue weighted by atomic mass is 10.1. The highest BCUT2D eigenvalue weighted by molar-refractivity contribution is 7.26. The summed E-state index contributed by atoms with van der Waals surface area (Å²) in [5, 5.41) is 10.4. The van der Waals surface area contributed by atoms with Gasteiger partial charge in [0.2, 0.25) is 0 Å². The molecule has 57 heavy (non-hydrogen) atoms. The quantitative estimate of drug-likeness (QED) is 0.164. The third kappa shape index (κ3) is 4.64. The molecule has 11 aromatic rings. The largest absolute Gasteiger partial charge is 0.308 e. The average Bonchev–Trinajstić information content (AvgIpc) is 3.94. The van der Waals surface area contributed by atoms with E-state index in [0.29, 0.717) is 0 Å². The van der Waals surface area contributed by atoms with Gasteiger partial charge >= 0.3 is 0 Å². The first-order valence-electron chi connectivity index (χ1n) is 19.4. The van der Waals surface area contributed by atoms with Crippen molar-refractivity contribution in [2.45, 2.75) is 0 Å². The summed E-state index contributed by atoms with van der Waals surface area (Å²) in [7, 11) is -2.93. The zero-order valence-electron chi connectivity index (χ0n) is 30.8. The Morgan fingerprint density at radius 2 is 1.07 bits per heavy atom. The fourth-order valence-corrected chi connectivity index (χ4v) is 16.0. The minimum atomic E-state index is -2.93. The summed E-state index contributed by atoms with van der Waals surface area (Å²) in [5.74, 6) is 0.735. The van der Waals surface area contributed by atoms with Crippen molar-refractivity contribution in [3.05, 3.63) is 200 Å². The van der Waals surface area contributed by atoms with Gasteiger partial charge in [-0.2, -0.15) is 0 Å². The van der Waals surface area contributed by atoms with Crippen LogP contribution in [0.4, 0.5) is 0 Å². The van der Waals surface area contributed by atoms with Crippen molar-refractivity contribution in [3.63, 3.8) is 0 Å². The van der Waals surface area contributed by atoms with Crippen molar-refractivity contribution in [2.75, 3.05) is 0 Å². The lowest BCUT2D eigenvalue weighted by molar-refractivity contribution is 1.18. The molecule has 0 aliphatic carbocycles. The standard InChI is InChI=1S/C52H33N3SSi/c1-4-17-34(18-5-1)52-53-47(51-48(54-52)43-27-12-15-30-46(43)57(51,37-21-6-2-7-22-37)38-23-8-3-9-24-38)35-19-16-20-36(33-35)55-44-28-13-10-25-39(44)41-31-32-42-40-26-11-14-29-45(40)56-50(42)49(41)55/h1-33H. The SMILES string of the molecule is c1ccc(-c2nc(-c3cccc(-n4c5ccccc5c5ccc6c7ccccc7sc6c54)c3)c3c(n2)-c2ccccc2[Si]3(c2ccccc2)c2ccccc2)cc1. The van der Waals surface area contributed by atoms with Gasteiger partial charge in [0.05, 0.1) is 27.1 Å². The third-order valence-corrected chi connectivity index (χ3v) is 17.9. The molecule has 0 spiro atoms. The van der Waals surface area contributed by atoms with Gasteiger partial charge < -0.3 is 4.57 Å². The molecule has 0 bridgehead atoms. The number of fused-ring (bicyclic) bond motifs is 10. The van der Waals surface area contributed by atoms with E-state index >= 15 is 0 Å². The number of hydrogen-bond donors (Lipinski definition) is 0. The summed E-state index contributed by atoms with van der Waals surface area (Å²) in [6, 6.07) is 73.0. The fourth-order valence-electron chi connectivity index (χ4n) is 9.52. The van der Waals surface area contributed by atoms with E-state index < -0.39 is 8.07 Å². The topological polar surface area (TPSA) is 30.7 Å². The molecule has 266 valence electrons. The van der Waals surface area contributed by atoms with Crippen LogP contribution >= 0.6 is 11.3 Å². The predicted octanol–water partition coefficient (Wildman–Crippen LogP) is 10.6. The Balaban J connectivity index is 1.20. The highest BCUT2D eigenvalue weighted by Gasteiger charge is 2.51. The molecule has 1 aliphatic rings. The Morgan fingerprint density at radius 1 is 0.456 bits per heavy atom. The normalized spacial score (nSPS) is 13.1. The van der Waals surface area contributed by atoms with E-state index in [0.717, 1.165) is 34.0 Å². The second-order valence-electron chi connectivity index (χ2n) is 14.9. The predicted molar refractivity (Wildman–Crippen MR) is 243 cm³/mol. The molecule has 3 nitrogen and oxygen atoms in total. The molecule has 3 aromatic heterocycles. The van der Waals surface area contributed by atoms with Crippen LogP contribution in [0, 0.1) is 0 Å². The molecule has 12 rings (SSSR count). The summed E-state index contributed by atoms with van der Waals surface area (Å²) in [6.07, 6.45) is 0. The van der Waals surface area contributed by atoms with Crippen LogP contribution in [-0.4, -0.2) is 22.6 Å². The average molecular weight is 760 g/mol. The van der Waals surface area contributed by atoms with Crippen molar-refractivity contribution in [1.82, 2.24) is 14.5 Å². The van der Waals surface area contributed by atoms with Gasteiger partial charge in [0.1, 0.15) is 0 Å². The summed E-state index contributed by atoms with van der Waals surface area (Å²) in [4.78, 5) is 11.2. The molecule has 0 radical (unpaired) electrons. The van der Waals surface area contributed by atoms with Crippen LogP contribution in [0.25, 0.3) is 81.6 Å². The fraction of sp³-hybridized carbons (Fsp3) is 0. The van der Waals surface area contributed by atoms with E-state index in [9.17, 15) is 0 Å². The minimum Gasteiger partial charge on any atom is -0.308 e. The summed E-state index contributed by atoms with van der Waals surface area (Å²) >= 11 is 1.88. The molecule has 0 amide bonds. The van der Waals surface area contributed by atoms with Crippen molar-refractivity contribution >= 4 is 82.1 Å². The first-order chi connectivity index (χ1) is 28.3. The number of aromatic nitrogens is 3. The summed E-state index contributed by atoms with van der Waals surface area (Å²) in [5.41, 5.74) is 8.84. The molecule has 0 saturated heterocycles. The maximum atomic E-state index is 5.66. The number of thiophene rings is 1. The molecular weight excluding hydrogens is 727 g/mol. The Labute approximate surface area is 334 Å². The van der Waals surface area contributed by atoms with Crippen LogP contribution in [0.15, 0.2) is 200 Å². The number of rotatable bonds is 5. The zero-order chi connectivity index (χ0) is 37.5. The van der Waals surface area contributed by atoms with E-state index in [4.69, 9.17) is 9.97 Å². The number of benzene rings is 8. The highest BCUT2D eigenvalue weighted by atomic mass is 32.1. The molecule has 5 heteroatoms. The van der Waals surface area contributed by atoms with Gasteiger partial charge in [0.15, 0.2) is 13.9 Å². The third-order valence-electron chi connectivity index (χ3n) is 11.9. The van der Waals surface area contributed by atoms with Crippen molar-refractivity contribution in [3.8, 4) is 39.6 Å². The summed E-state index contributed by atoms with van der Waals surface area (Å²) in [6.45, 7) is 0. The van der Waals surface area contributed by atoms with Gasteiger partial charge in [-0.1, -0.05) is 176 Å². The van der Waals surface area contributed by atoms with E-state index in [2.05, 4.69) is 205 Å². The second-order valence-corrected chi connectivity index (χ2v) is 19.6. The van der Waals surface area contributed by atoms with Crippen molar-refractivity contribution < 1.29 is 0 Å². The van der Waals surface area contributed by atoms with Crippen LogP contribution in [0.5, 0.6) is 0 Å². The molecular formula is C52H33N3SSi. The van der Waals surface area contributed by atoms with Gasteiger partial charge in [-0.3, -0.25) is 0 Å². The van der Waals surface area contributed by atoms with Crippen molar-refractivity contribution in [1.29, 1.82) is 0 Å². The van der Waals surface area contributed by atoms with Gasteiger partial charge in [-0.15, -0.1) is 11.3 Å². The van der Waals surface area contributed by atoms with Gasteiger partial charge in [0.25, 0.3) is 0 Å². The van der Waals surface area contributed by atoms with Crippen LogP contribution < -0.4 is 20.7 Å². The molecule has 4 heterocycles. The Morgan fingerprint density at radius 3 is 1.86 bits per heavy atom. The van der Waals surface area contributed by atoms with Gasteiger partial charge in [-0.25, -0.2) is 9.97 Å². The molecule has 0 N–H and O–H groups in total. The first-order valence-corrected chi connectivity index (χ1v) is 22.2. The second kappa shape index (κ2) is 12.5. The van der Waals surface area contributed by atoms with E-state index in [1.54, 1.807) is 0 Å². The van der Waals surface area contributed by atoms with Crippen LogP contribution in [0.1, 0.15) is 0 Å². The molecule has 0 atom stereocenters. The zero-order valence-corrected chi connectivity index (χ0v) is 32.6. The van der Waals surface area contributed by atoms with E-state index in [1.165, 1.54) is 68.3 Å². The Bertz CT molecular complexity index is 3310. The lowest BCUT2D eigenvalue weighted by Gasteiger charge is -2.32. The molecule has 8 aromatic carbocycles. The molecule has 0 fully saturated rings. The monoisotopic (exact) mass is 759 g/mol. The lowest BCUT2D eigenvalue weighted by Crippen LogP contribution is -2.73. The van der Waals surface area contributed by atoms with Gasteiger partial charge in [0, 0.05) is 53.8 Å². The summed E-state index contributed by atoms with van der Waals surface area (Å²) < 4.78 is 5.09. The number of para-hydroxylation sites is 1. The van der Waals surface area contributed by atoms with Gasteiger partial charge in [-0.05, 0) is 39.8 Å². The Kier molecular flexibility index (Phi) is 7.12. The molecule has 0 saturated carbocycles. The van der Waals surface area contributed by atoms with Crippen LogP contribution in [-0.2, 0) is 0 Å². The maximum absolute atomic E-state index is 5.66. The molecule has 1 aliphatic heterocycles. The smallest absolute Gasteiger partial charge is 0.185 e. The minimum absolute atomic E-state index is 0.735. The van der Waals surface area contributed by atoms with Crippen LogP contribution in [0.3, 0.4) is 0 Å². The highest BCUT2D eigenvalue weighted by Crippen LogP contribution is 2.43. The van der Waals surface area contributed by atoms with Crippen LogP contribution in [0.2, 0.25) is 0 Å².